The van der Waals surface area contributed by atoms with Crippen LogP contribution < -0.4 is 0 Å². The van der Waals surface area contributed by atoms with Gasteiger partial charge in [0.1, 0.15) is 5.82 Å². The molecule has 0 fully saturated rings. The molecule has 1 atom stereocenters. The maximum Gasteiger partial charge on any atom is 0.306 e. The summed E-state index contributed by atoms with van der Waals surface area (Å²) in [6.07, 6.45) is -1.56. The summed E-state index contributed by atoms with van der Waals surface area (Å²) in [7, 11) is 0. The van der Waals surface area contributed by atoms with Crippen molar-refractivity contribution in [1.29, 1.82) is 0 Å². The highest BCUT2D eigenvalue weighted by Gasteiger charge is 2.14. The minimum absolute atomic E-state index is 0.326. The molecule has 0 amide bonds. The second-order valence-electron chi connectivity index (χ2n) is 3.11. The lowest BCUT2D eigenvalue weighted by Gasteiger charge is -2.11. The van der Waals surface area contributed by atoms with Gasteiger partial charge in [0.2, 0.25) is 0 Å². The van der Waals surface area contributed by atoms with Gasteiger partial charge < -0.3 is 10.2 Å². The molecule has 0 saturated carbocycles. The van der Waals surface area contributed by atoms with E-state index in [2.05, 4.69) is 0 Å². The highest BCUT2D eigenvalue weighted by atomic mass is 19.1. The quantitative estimate of drug-likeness (QED) is 0.776. The Labute approximate surface area is 80.8 Å². The lowest BCUT2D eigenvalue weighted by atomic mass is 10.0. The van der Waals surface area contributed by atoms with Crippen molar-refractivity contribution in [1.82, 2.24) is 0 Å². The summed E-state index contributed by atoms with van der Waals surface area (Å²) >= 11 is 0. The normalized spacial score (nSPS) is 12.5. The minimum atomic E-state index is -1.15. The number of aliphatic hydroxyl groups excluding tert-OH is 1. The third kappa shape index (κ3) is 2.53. The van der Waals surface area contributed by atoms with E-state index in [-0.39, 0.29) is 0 Å². The van der Waals surface area contributed by atoms with Gasteiger partial charge in [-0.05, 0) is 30.2 Å². The predicted molar refractivity (Wildman–Crippen MR) is 48.3 cm³/mol. The second kappa shape index (κ2) is 4.19. The van der Waals surface area contributed by atoms with Gasteiger partial charge in [0.15, 0.2) is 0 Å². The number of halogens is 1. The molecule has 0 spiro atoms. The monoisotopic (exact) mass is 198 g/mol. The number of aliphatic carboxylic acids is 1. The summed E-state index contributed by atoms with van der Waals surface area (Å²) in [4.78, 5) is 10.3. The molecular weight excluding hydrogens is 187 g/mol. The van der Waals surface area contributed by atoms with E-state index in [0.717, 1.165) is 6.07 Å². The van der Waals surface area contributed by atoms with Crippen LogP contribution in [0.2, 0.25) is 0 Å². The molecule has 0 aliphatic carbocycles. The molecule has 76 valence electrons. The zero-order valence-electron chi connectivity index (χ0n) is 7.70. The molecule has 2 N–H and O–H groups in total. The molecule has 0 unspecified atom stereocenters. The Bertz CT molecular complexity index is 349. The van der Waals surface area contributed by atoms with Crippen LogP contribution >= 0.6 is 0 Å². The van der Waals surface area contributed by atoms with Gasteiger partial charge in [-0.15, -0.1) is 0 Å². The summed E-state index contributed by atoms with van der Waals surface area (Å²) < 4.78 is 12.8. The molecular formula is C10H11FO3. The molecule has 0 aromatic heterocycles. The van der Waals surface area contributed by atoms with Crippen LogP contribution in [-0.2, 0) is 4.79 Å². The molecule has 0 saturated heterocycles. The number of hydrogen-bond donors (Lipinski definition) is 2. The first-order valence-corrected chi connectivity index (χ1v) is 4.16. The lowest BCUT2D eigenvalue weighted by molar-refractivity contribution is -0.139. The number of carboxylic acids is 1. The number of hydrogen-bond acceptors (Lipinski definition) is 2. The second-order valence-corrected chi connectivity index (χ2v) is 3.11. The molecule has 1 aromatic rings. The lowest BCUT2D eigenvalue weighted by Crippen LogP contribution is -2.07. The molecule has 14 heavy (non-hydrogen) atoms. The van der Waals surface area contributed by atoms with Gasteiger partial charge >= 0.3 is 5.97 Å². The molecule has 1 rings (SSSR count). The largest absolute Gasteiger partial charge is 0.481 e. The Morgan fingerprint density at radius 2 is 2.21 bits per heavy atom. The van der Waals surface area contributed by atoms with Gasteiger partial charge in [-0.25, -0.2) is 4.39 Å². The number of aryl methyl sites for hydroxylation is 1. The highest BCUT2D eigenvalue weighted by Crippen LogP contribution is 2.21. The summed E-state index contributed by atoms with van der Waals surface area (Å²) in [5.41, 5.74) is 1.01. The van der Waals surface area contributed by atoms with Crippen molar-refractivity contribution in [2.45, 2.75) is 19.4 Å². The number of carboxylic acid groups (broad SMARTS) is 1. The molecule has 4 heteroatoms. The van der Waals surface area contributed by atoms with E-state index in [1.54, 1.807) is 6.92 Å². The van der Waals surface area contributed by atoms with Crippen LogP contribution in [0.25, 0.3) is 0 Å². The van der Waals surface area contributed by atoms with Crippen LogP contribution in [0, 0.1) is 12.7 Å². The van der Waals surface area contributed by atoms with Crippen molar-refractivity contribution in [3.8, 4) is 0 Å². The summed E-state index contributed by atoms with van der Waals surface area (Å²) in [5.74, 6) is -1.59. The van der Waals surface area contributed by atoms with Crippen molar-refractivity contribution in [2.24, 2.45) is 0 Å². The van der Waals surface area contributed by atoms with Gasteiger partial charge in [-0.2, -0.15) is 0 Å². The third-order valence-electron chi connectivity index (χ3n) is 1.97. The van der Waals surface area contributed by atoms with E-state index >= 15 is 0 Å². The molecule has 1 aromatic carbocycles. The molecule has 0 aliphatic heterocycles. The Kier molecular flexibility index (Phi) is 3.19. The summed E-state index contributed by atoms with van der Waals surface area (Å²) in [6, 6.07) is 3.94. The predicted octanol–water partition coefficient (Wildman–Crippen LogP) is 1.64. The van der Waals surface area contributed by atoms with Crippen molar-refractivity contribution in [3.05, 3.63) is 35.1 Å². The Morgan fingerprint density at radius 1 is 1.57 bits per heavy atom. The number of rotatable bonds is 3. The maximum atomic E-state index is 12.8. The minimum Gasteiger partial charge on any atom is -0.481 e. The topological polar surface area (TPSA) is 57.5 Å². The summed E-state index contributed by atoms with van der Waals surface area (Å²) in [6.45, 7) is 1.69. The van der Waals surface area contributed by atoms with E-state index < -0.39 is 24.3 Å². The zero-order chi connectivity index (χ0) is 10.7. The van der Waals surface area contributed by atoms with Gasteiger partial charge in [0.05, 0.1) is 12.5 Å². The van der Waals surface area contributed by atoms with E-state index in [1.165, 1.54) is 12.1 Å². The fourth-order valence-corrected chi connectivity index (χ4v) is 1.25. The van der Waals surface area contributed by atoms with Gasteiger partial charge in [0.25, 0.3) is 0 Å². The van der Waals surface area contributed by atoms with Gasteiger partial charge in [0, 0.05) is 0 Å². The van der Waals surface area contributed by atoms with E-state index in [1.807, 2.05) is 0 Å². The van der Waals surface area contributed by atoms with Crippen LogP contribution in [0.5, 0.6) is 0 Å². The first kappa shape index (κ1) is 10.7. The van der Waals surface area contributed by atoms with E-state index in [0.29, 0.717) is 11.1 Å². The van der Waals surface area contributed by atoms with Crippen LogP contribution in [0.4, 0.5) is 4.39 Å². The van der Waals surface area contributed by atoms with Crippen LogP contribution in [-0.4, -0.2) is 16.2 Å². The fraction of sp³-hybridized carbons (Fsp3) is 0.300. The maximum absolute atomic E-state index is 12.8. The van der Waals surface area contributed by atoms with Crippen molar-refractivity contribution < 1.29 is 19.4 Å². The first-order chi connectivity index (χ1) is 6.50. The smallest absolute Gasteiger partial charge is 0.306 e. The third-order valence-corrected chi connectivity index (χ3v) is 1.97. The van der Waals surface area contributed by atoms with Crippen molar-refractivity contribution in [3.63, 3.8) is 0 Å². The van der Waals surface area contributed by atoms with Crippen molar-refractivity contribution >= 4 is 5.97 Å². The molecule has 3 nitrogen and oxygen atoms in total. The SMILES string of the molecule is Cc1ccc(F)cc1[C@@H](O)CC(=O)O. The van der Waals surface area contributed by atoms with Crippen LogP contribution in [0.15, 0.2) is 18.2 Å². The Balaban J connectivity index is 2.93. The first-order valence-electron chi connectivity index (χ1n) is 4.16. The molecule has 0 heterocycles. The average molecular weight is 198 g/mol. The fourth-order valence-electron chi connectivity index (χ4n) is 1.25. The van der Waals surface area contributed by atoms with Gasteiger partial charge in [-0.3, -0.25) is 4.79 Å². The van der Waals surface area contributed by atoms with E-state index in [9.17, 15) is 14.3 Å². The summed E-state index contributed by atoms with van der Waals surface area (Å²) in [5, 5.41) is 17.9. The zero-order valence-corrected chi connectivity index (χ0v) is 7.70. The van der Waals surface area contributed by atoms with Crippen LogP contribution in [0.1, 0.15) is 23.7 Å². The Morgan fingerprint density at radius 3 is 2.79 bits per heavy atom. The van der Waals surface area contributed by atoms with Gasteiger partial charge in [-0.1, -0.05) is 6.07 Å². The highest BCUT2D eigenvalue weighted by molar-refractivity contribution is 5.67. The van der Waals surface area contributed by atoms with Crippen molar-refractivity contribution in [2.75, 3.05) is 0 Å². The Hall–Kier alpha value is -1.42. The molecule has 0 radical (unpaired) electrons. The number of aliphatic hydroxyl groups is 1. The van der Waals surface area contributed by atoms with Crippen LogP contribution in [0.3, 0.4) is 0 Å². The molecule has 0 aliphatic rings. The average Bonchev–Trinajstić information content (AvgIpc) is 2.08. The standard InChI is InChI=1S/C10H11FO3/c1-6-2-3-7(11)4-8(6)9(12)5-10(13)14/h2-4,9,12H,5H2,1H3,(H,13,14)/t9-/m0/s1. The van der Waals surface area contributed by atoms with E-state index in [4.69, 9.17) is 5.11 Å². The molecule has 0 bridgehead atoms. The number of benzene rings is 1. The number of carbonyl (C=O) groups is 1.